The number of sulfonamides is 1. The molecule has 1 heterocycles. The second kappa shape index (κ2) is 4.62. The van der Waals surface area contributed by atoms with Gasteiger partial charge in [-0.25, -0.2) is 3.89 Å². The van der Waals surface area contributed by atoms with Gasteiger partial charge in [-0.05, 0) is 13.3 Å². The largest absolute Gasteiger partial charge is 0.296 e. The molecule has 14 heavy (non-hydrogen) atoms. The molecular weight excluding hydrogens is 198 g/mol. The van der Waals surface area contributed by atoms with Crippen LogP contribution in [0.25, 0.3) is 0 Å². The highest BCUT2D eigenvalue weighted by molar-refractivity contribution is 7.85. The normalized spacial score (nSPS) is 21.3. The van der Waals surface area contributed by atoms with Crippen LogP contribution in [0, 0.1) is 0 Å². The highest BCUT2D eigenvalue weighted by Crippen LogP contribution is 2.26. The van der Waals surface area contributed by atoms with Gasteiger partial charge in [-0.15, -0.1) is 0 Å². The third-order valence-electron chi connectivity index (χ3n) is 3.26. The van der Waals surface area contributed by atoms with Crippen LogP contribution >= 0.6 is 0 Å². The molecule has 0 aromatic heterocycles. The molecule has 1 rings (SSSR count). The van der Waals surface area contributed by atoms with Crippen molar-refractivity contribution in [2.24, 2.45) is 0 Å². The Bertz CT molecular complexity index is 266. The van der Waals surface area contributed by atoms with E-state index in [2.05, 4.69) is 6.92 Å². The minimum atomic E-state index is -2.89. The van der Waals surface area contributed by atoms with Crippen molar-refractivity contribution in [3.05, 3.63) is 0 Å². The number of unbranched alkanes of at least 4 members (excludes halogenated alkanes) is 1. The van der Waals surface area contributed by atoms with Crippen molar-refractivity contribution in [3.8, 4) is 0 Å². The molecule has 1 aliphatic heterocycles. The minimum Gasteiger partial charge on any atom is -0.218 e. The summed E-state index contributed by atoms with van der Waals surface area (Å²) < 4.78 is 24.4. The van der Waals surface area contributed by atoms with Crippen LogP contribution in [-0.4, -0.2) is 37.7 Å². The number of nitrogens with zero attached hydrogens (tertiary/aromatic N) is 1. The fraction of sp³-hybridized carbons (Fsp3) is 1.00. The summed E-state index contributed by atoms with van der Waals surface area (Å²) >= 11 is 0. The summed E-state index contributed by atoms with van der Waals surface area (Å²) in [6, 6.07) is 0. The maximum Gasteiger partial charge on any atom is 0.296 e. The lowest BCUT2D eigenvalue weighted by Crippen LogP contribution is -2.51. The van der Waals surface area contributed by atoms with Crippen LogP contribution in [0.3, 0.4) is 0 Å². The van der Waals surface area contributed by atoms with Crippen LogP contribution in [0.5, 0.6) is 0 Å². The van der Waals surface area contributed by atoms with E-state index in [9.17, 15) is 8.42 Å². The van der Waals surface area contributed by atoms with Gasteiger partial charge in [0.05, 0.1) is 25.4 Å². The maximum atomic E-state index is 12.0. The number of likely N-dealkylation sites (tertiary alicyclic amines) is 1. The fourth-order valence-corrected chi connectivity index (χ4v) is 4.04. The van der Waals surface area contributed by atoms with Crippen molar-refractivity contribution in [2.75, 3.05) is 25.4 Å². The van der Waals surface area contributed by atoms with E-state index in [0.29, 0.717) is 3.89 Å². The maximum absolute atomic E-state index is 12.0. The molecule has 84 valence electrons. The monoisotopic (exact) mass is 220 g/mol. The number of hydrogen-bond acceptors (Lipinski definition) is 2. The lowest BCUT2D eigenvalue weighted by Gasteiger charge is -2.32. The molecule has 0 amide bonds. The summed E-state index contributed by atoms with van der Waals surface area (Å²) in [4.78, 5) is 0. The van der Waals surface area contributed by atoms with Crippen molar-refractivity contribution >= 4 is 10.0 Å². The van der Waals surface area contributed by atoms with E-state index in [1.165, 1.54) is 0 Å². The van der Waals surface area contributed by atoms with E-state index in [1.54, 1.807) is 6.92 Å². The molecule has 4 heteroatoms. The zero-order valence-electron chi connectivity index (χ0n) is 9.33. The van der Waals surface area contributed by atoms with Gasteiger partial charge in [-0.1, -0.05) is 13.3 Å². The first-order valence-corrected chi connectivity index (χ1v) is 7.28. The molecule has 0 aromatic rings. The standard InChI is InChI=1S/C10H22NO2S/c1-3-5-8-11(9-6-7-10-11)14(12,13)4-2/h3-10H2,1-2H3/q+1. The Morgan fingerprint density at radius 1 is 1.14 bits per heavy atom. The summed E-state index contributed by atoms with van der Waals surface area (Å²) in [5.41, 5.74) is 0. The lowest BCUT2D eigenvalue weighted by molar-refractivity contribution is -0.793. The Morgan fingerprint density at radius 3 is 2.14 bits per heavy atom. The van der Waals surface area contributed by atoms with Gasteiger partial charge >= 0.3 is 0 Å². The summed E-state index contributed by atoms with van der Waals surface area (Å²) in [5, 5.41) is 0. The average Bonchev–Trinajstić information content (AvgIpc) is 2.65. The summed E-state index contributed by atoms with van der Waals surface area (Å²) in [6.45, 7) is 6.39. The molecular formula is C10H22NO2S+. The first-order valence-electron chi connectivity index (χ1n) is 5.67. The van der Waals surface area contributed by atoms with Crippen molar-refractivity contribution < 1.29 is 12.3 Å². The van der Waals surface area contributed by atoms with Crippen LogP contribution < -0.4 is 0 Å². The van der Waals surface area contributed by atoms with Crippen molar-refractivity contribution in [3.63, 3.8) is 0 Å². The minimum absolute atomic E-state index is 0.288. The molecule has 0 aliphatic carbocycles. The second-order valence-corrected chi connectivity index (χ2v) is 6.68. The van der Waals surface area contributed by atoms with E-state index < -0.39 is 10.0 Å². The molecule has 0 N–H and O–H groups in total. The van der Waals surface area contributed by atoms with Crippen molar-refractivity contribution in [1.82, 2.24) is 0 Å². The molecule has 0 unspecified atom stereocenters. The smallest absolute Gasteiger partial charge is 0.218 e. The van der Waals surface area contributed by atoms with Gasteiger partial charge in [0.1, 0.15) is 0 Å². The van der Waals surface area contributed by atoms with Crippen LogP contribution in [0.1, 0.15) is 39.5 Å². The molecule has 0 bridgehead atoms. The second-order valence-electron chi connectivity index (χ2n) is 4.16. The van der Waals surface area contributed by atoms with Gasteiger partial charge in [-0.2, -0.15) is 8.42 Å². The predicted molar refractivity (Wildman–Crippen MR) is 58.5 cm³/mol. The highest BCUT2D eigenvalue weighted by Gasteiger charge is 2.42. The van der Waals surface area contributed by atoms with E-state index in [1.807, 2.05) is 0 Å². The van der Waals surface area contributed by atoms with Gasteiger partial charge < -0.3 is 0 Å². The molecule has 1 aliphatic rings. The fourth-order valence-electron chi connectivity index (χ4n) is 2.27. The number of quaternary nitrogens is 1. The molecule has 0 radical (unpaired) electrons. The van der Waals surface area contributed by atoms with Gasteiger partial charge in [0.25, 0.3) is 10.0 Å². The summed E-state index contributed by atoms with van der Waals surface area (Å²) in [5.74, 6) is 0.288. The average molecular weight is 220 g/mol. The Balaban J connectivity index is 2.81. The summed E-state index contributed by atoms with van der Waals surface area (Å²) in [6.07, 6.45) is 4.25. The van der Waals surface area contributed by atoms with E-state index >= 15 is 0 Å². The van der Waals surface area contributed by atoms with Gasteiger partial charge in [-0.3, -0.25) is 0 Å². The van der Waals surface area contributed by atoms with Crippen LogP contribution in [0.15, 0.2) is 0 Å². The molecule has 3 nitrogen and oxygen atoms in total. The highest BCUT2D eigenvalue weighted by atomic mass is 32.2. The predicted octanol–water partition coefficient (Wildman–Crippen LogP) is 1.75. The number of hydrogen-bond donors (Lipinski definition) is 0. The lowest BCUT2D eigenvalue weighted by atomic mass is 10.3. The third-order valence-corrected chi connectivity index (χ3v) is 5.71. The topological polar surface area (TPSA) is 34.1 Å². The van der Waals surface area contributed by atoms with E-state index in [0.717, 1.165) is 45.3 Å². The quantitative estimate of drug-likeness (QED) is 0.661. The van der Waals surface area contributed by atoms with Gasteiger partial charge in [0.15, 0.2) is 0 Å². The molecule has 0 saturated carbocycles. The van der Waals surface area contributed by atoms with Crippen molar-refractivity contribution in [2.45, 2.75) is 39.5 Å². The van der Waals surface area contributed by atoms with Crippen molar-refractivity contribution in [1.29, 1.82) is 0 Å². The zero-order chi connectivity index (χ0) is 10.7. The first-order chi connectivity index (χ1) is 6.58. The van der Waals surface area contributed by atoms with Gasteiger partial charge in [0.2, 0.25) is 0 Å². The molecule has 0 spiro atoms. The van der Waals surface area contributed by atoms with Crippen LogP contribution in [-0.2, 0) is 10.0 Å². The third kappa shape index (κ3) is 2.11. The molecule has 1 saturated heterocycles. The Kier molecular flexibility index (Phi) is 3.95. The van der Waals surface area contributed by atoms with Crippen LogP contribution in [0.4, 0.5) is 0 Å². The molecule has 0 atom stereocenters. The Hall–Kier alpha value is -0.0900. The Labute approximate surface area is 87.7 Å². The first kappa shape index (κ1) is 12.0. The van der Waals surface area contributed by atoms with E-state index in [-0.39, 0.29) is 5.75 Å². The zero-order valence-corrected chi connectivity index (χ0v) is 10.1. The van der Waals surface area contributed by atoms with Crippen LogP contribution in [0.2, 0.25) is 0 Å². The molecule has 0 aromatic carbocycles. The SMILES string of the molecule is CCCC[N+]1(S(=O)(=O)CC)CCCC1. The summed E-state index contributed by atoms with van der Waals surface area (Å²) in [7, 11) is -2.89. The van der Waals surface area contributed by atoms with E-state index in [4.69, 9.17) is 0 Å². The van der Waals surface area contributed by atoms with Gasteiger partial charge in [0, 0.05) is 12.8 Å². The molecule has 1 fully saturated rings. The number of rotatable bonds is 5. The Morgan fingerprint density at radius 2 is 1.71 bits per heavy atom.